The number of anilines is 1. The molecule has 80 valence electrons. The summed E-state index contributed by atoms with van der Waals surface area (Å²) < 4.78 is 5.41. The Morgan fingerprint density at radius 3 is 3.13 bits per heavy atom. The number of aliphatic hydroxyl groups excluding tert-OH is 1. The van der Waals surface area contributed by atoms with Crippen LogP contribution >= 0.6 is 0 Å². The maximum atomic E-state index is 8.65. The molecular formula is C11H14N2O2. The summed E-state index contributed by atoms with van der Waals surface area (Å²) in [6, 6.07) is 5.81. The SMILES string of the molecule is Cc1nc2ccc(NCCCO)cc2o1. The maximum absolute atomic E-state index is 8.65. The van der Waals surface area contributed by atoms with E-state index in [0.717, 1.165) is 29.8 Å². The Morgan fingerprint density at radius 1 is 1.47 bits per heavy atom. The van der Waals surface area contributed by atoms with Crippen molar-refractivity contribution < 1.29 is 9.52 Å². The normalized spacial score (nSPS) is 10.8. The van der Waals surface area contributed by atoms with Crippen LogP contribution in [0, 0.1) is 6.92 Å². The van der Waals surface area contributed by atoms with Gasteiger partial charge in [0.2, 0.25) is 0 Å². The molecule has 0 amide bonds. The molecule has 0 bridgehead atoms. The summed E-state index contributed by atoms with van der Waals surface area (Å²) in [6.45, 7) is 2.80. The number of benzene rings is 1. The van der Waals surface area contributed by atoms with Crippen LogP contribution in [0.25, 0.3) is 11.1 Å². The smallest absolute Gasteiger partial charge is 0.192 e. The van der Waals surface area contributed by atoms with Crippen LogP contribution in [0.3, 0.4) is 0 Å². The number of aryl methyl sites for hydroxylation is 1. The van der Waals surface area contributed by atoms with Gasteiger partial charge in [0.05, 0.1) is 0 Å². The first kappa shape index (κ1) is 9.98. The zero-order valence-electron chi connectivity index (χ0n) is 8.66. The Balaban J connectivity index is 2.15. The van der Waals surface area contributed by atoms with Crippen molar-refractivity contribution in [2.75, 3.05) is 18.5 Å². The third kappa shape index (κ3) is 2.27. The average Bonchev–Trinajstić information content (AvgIpc) is 2.57. The second-order valence-corrected chi connectivity index (χ2v) is 3.42. The van der Waals surface area contributed by atoms with E-state index >= 15 is 0 Å². The van der Waals surface area contributed by atoms with Crippen LogP contribution in [-0.2, 0) is 0 Å². The fourth-order valence-electron chi connectivity index (χ4n) is 1.46. The molecule has 2 aromatic rings. The molecule has 0 spiro atoms. The molecule has 2 N–H and O–H groups in total. The van der Waals surface area contributed by atoms with Crippen LogP contribution in [0.5, 0.6) is 0 Å². The molecule has 0 saturated carbocycles. The zero-order chi connectivity index (χ0) is 10.7. The van der Waals surface area contributed by atoms with Gasteiger partial charge >= 0.3 is 0 Å². The van der Waals surface area contributed by atoms with Gasteiger partial charge < -0.3 is 14.8 Å². The van der Waals surface area contributed by atoms with E-state index in [-0.39, 0.29) is 6.61 Å². The number of fused-ring (bicyclic) bond motifs is 1. The second-order valence-electron chi connectivity index (χ2n) is 3.42. The quantitative estimate of drug-likeness (QED) is 0.750. The lowest BCUT2D eigenvalue weighted by Gasteiger charge is -2.03. The highest BCUT2D eigenvalue weighted by molar-refractivity contribution is 5.77. The number of aliphatic hydroxyl groups is 1. The number of nitrogens with one attached hydrogen (secondary N) is 1. The molecule has 15 heavy (non-hydrogen) atoms. The Kier molecular flexibility index (Phi) is 2.87. The monoisotopic (exact) mass is 206 g/mol. The van der Waals surface area contributed by atoms with E-state index in [2.05, 4.69) is 10.3 Å². The van der Waals surface area contributed by atoms with Crippen molar-refractivity contribution in [3.05, 3.63) is 24.1 Å². The summed E-state index contributed by atoms with van der Waals surface area (Å²) in [6.07, 6.45) is 0.744. The van der Waals surface area contributed by atoms with E-state index < -0.39 is 0 Å². The van der Waals surface area contributed by atoms with Crippen molar-refractivity contribution in [3.63, 3.8) is 0 Å². The number of hydrogen-bond acceptors (Lipinski definition) is 4. The number of hydrogen-bond donors (Lipinski definition) is 2. The first-order chi connectivity index (χ1) is 7.29. The van der Waals surface area contributed by atoms with Gasteiger partial charge in [0.25, 0.3) is 0 Å². The minimum Gasteiger partial charge on any atom is -0.441 e. The molecular weight excluding hydrogens is 192 g/mol. The molecule has 1 aromatic heterocycles. The molecule has 0 unspecified atom stereocenters. The highest BCUT2D eigenvalue weighted by atomic mass is 16.3. The minimum absolute atomic E-state index is 0.205. The lowest BCUT2D eigenvalue weighted by atomic mass is 10.3. The van der Waals surface area contributed by atoms with Gasteiger partial charge in [-0.3, -0.25) is 0 Å². The summed E-state index contributed by atoms with van der Waals surface area (Å²) >= 11 is 0. The van der Waals surface area contributed by atoms with E-state index in [1.165, 1.54) is 0 Å². The fraction of sp³-hybridized carbons (Fsp3) is 0.364. The molecule has 1 heterocycles. The van der Waals surface area contributed by atoms with Crippen LogP contribution in [0.15, 0.2) is 22.6 Å². The van der Waals surface area contributed by atoms with Crippen molar-refractivity contribution >= 4 is 16.8 Å². The van der Waals surface area contributed by atoms with E-state index in [0.29, 0.717) is 5.89 Å². The van der Waals surface area contributed by atoms with Crippen molar-refractivity contribution in [2.24, 2.45) is 0 Å². The molecule has 0 aliphatic rings. The lowest BCUT2D eigenvalue weighted by Crippen LogP contribution is -2.02. The highest BCUT2D eigenvalue weighted by Crippen LogP contribution is 2.19. The molecule has 0 radical (unpaired) electrons. The van der Waals surface area contributed by atoms with E-state index in [9.17, 15) is 0 Å². The molecule has 0 fully saturated rings. The van der Waals surface area contributed by atoms with E-state index in [1.807, 2.05) is 25.1 Å². The maximum Gasteiger partial charge on any atom is 0.192 e. The third-order valence-electron chi connectivity index (χ3n) is 2.16. The fourth-order valence-corrected chi connectivity index (χ4v) is 1.46. The van der Waals surface area contributed by atoms with E-state index in [4.69, 9.17) is 9.52 Å². The number of aromatic nitrogens is 1. The zero-order valence-corrected chi connectivity index (χ0v) is 8.66. The van der Waals surface area contributed by atoms with Crippen LogP contribution in [0.4, 0.5) is 5.69 Å². The number of nitrogens with zero attached hydrogens (tertiary/aromatic N) is 1. The van der Waals surface area contributed by atoms with Gasteiger partial charge in [-0.05, 0) is 18.6 Å². The van der Waals surface area contributed by atoms with Crippen molar-refractivity contribution in [1.82, 2.24) is 4.98 Å². The Bertz CT molecular complexity index is 451. The predicted octanol–water partition coefficient (Wildman–Crippen LogP) is 1.93. The number of rotatable bonds is 4. The standard InChI is InChI=1S/C11H14N2O2/c1-8-13-10-4-3-9(7-11(10)15-8)12-5-2-6-14/h3-4,7,12,14H,2,5-6H2,1H3. The van der Waals surface area contributed by atoms with Crippen molar-refractivity contribution in [2.45, 2.75) is 13.3 Å². The first-order valence-corrected chi connectivity index (χ1v) is 5.01. The van der Waals surface area contributed by atoms with Crippen LogP contribution in [-0.4, -0.2) is 23.2 Å². The molecule has 2 rings (SSSR count). The summed E-state index contributed by atoms with van der Waals surface area (Å²) in [5.74, 6) is 0.678. The van der Waals surface area contributed by atoms with Crippen molar-refractivity contribution in [3.8, 4) is 0 Å². The molecule has 4 heteroatoms. The summed E-state index contributed by atoms with van der Waals surface area (Å²) in [7, 11) is 0. The Labute approximate surface area is 87.9 Å². The third-order valence-corrected chi connectivity index (χ3v) is 2.16. The Morgan fingerprint density at radius 2 is 2.33 bits per heavy atom. The van der Waals surface area contributed by atoms with Crippen LogP contribution in [0.2, 0.25) is 0 Å². The molecule has 4 nitrogen and oxygen atoms in total. The number of oxazole rings is 1. The van der Waals surface area contributed by atoms with Crippen molar-refractivity contribution in [1.29, 1.82) is 0 Å². The molecule has 1 aromatic carbocycles. The Hall–Kier alpha value is -1.55. The van der Waals surface area contributed by atoms with Gasteiger partial charge in [-0.1, -0.05) is 0 Å². The summed E-state index contributed by atoms with van der Waals surface area (Å²) in [4.78, 5) is 4.22. The molecule has 0 aliphatic heterocycles. The van der Waals surface area contributed by atoms with Crippen LogP contribution in [0.1, 0.15) is 12.3 Å². The van der Waals surface area contributed by atoms with Gasteiger partial charge in [0, 0.05) is 31.8 Å². The second kappa shape index (κ2) is 4.31. The summed E-state index contributed by atoms with van der Waals surface area (Å²) in [5.41, 5.74) is 2.66. The largest absolute Gasteiger partial charge is 0.441 e. The van der Waals surface area contributed by atoms with Gasteiger partial charge in [0.15, 0.2) is 11.5 Å². The van der Waals surface area contributed by atoms with Gasteiger partial charge in [-0.15, -0.1) is 0 Å². The molecule has 0 saturated heterocycles. The summed E-state index contributed by atoms with van der Waals surface area (Å²) in [5, 5.41) is 11.9. The minimum atomic E-state index is 0.205. The van der Waals surface area contributed by atoms with Gasteiger partial charge in [-0.2, -0.15) is 0 Å². The lowest BCUT2D eigenvalue weighted by molar-refractivity contribution is 0.292. The predicted molar refractivity (Wildman–Crippen MR) is 58.9 cm³/mol. The topological polar surface area (TPSA) is 58.3 Å². The molecule has 0 atom stereocenters. The highest BCUT2D eigenvalue weighted by Gasteiger charge is 2.02. The molecule has 0 aliphatic carbocycles. The average molecular weight is 206 g/mol. The van der Waals surface area contributed by atoms with Gasteiger partial charge in [-0.25, -0.2) is 4.98 Å². The van der Waals surface area contributed by atoms with Gasteiger partial charge in [0.1, 0.15) is 5.52 Å². The first-order valence-electron chi connectivity index (χ1n) is 5.01. The van der Waals surface area contributed by atoms with Crippen LogP contribution < -0.4 is 5.32 Å². The van der Waals surface area contributed by atoms with E-state index in [1.54, 1.807) is 0 Å².